The number of aromatic nitrogens is 1. The Hall–Kier alpha value is -1.09. The lowest BCUT2D eigenvalue weighted by Crippen LogP contribution is -2.52. The van der Waals surface area contributed by atoms with Crippen LogP contribution in [0, 0.1) is 12.8 Å². The predicted octanol–water partition coefficient (Wildman–Crippen LogP) is 2.71. The molecule has 0 amide bonds. The third-order valence-electron chi connectivity index (χ3n) is 4.11. The fraction of sp³-hybridized carbons (Fsp3) is 0.643. The summed E-state index contributed by atoms with van der Waals surface area (Å²) in [6.07, 6.45) is 6.91. The van der Waals surface area contributed by atoms with Crippen molar-refractivity contribution in [1.29, 1.82) is 0 Å². The third kappa shape index (κ3) is 2.60. The number of pyridine rings is 1. The standard InChI is InChI=1S/C14H23N3/c1-11-6-7-13(16-9-11)17-14(10-15)8-4-3-5-12(14)2/h6-7,9,12H,3-5,8,10,15H2,1-2H3,(H,16,17). The number of rotatable bonds is 3. The number of nitrogens with zero attached hydrogens (tertiary/aromatic N) is 1. The molecule has 1 aliphatic carbocycles. The molecule has 0 aliphatic heterocycles. The van der Waals surface area contributed by atoms with Crippen molar-refractivity contribution in [1.82, 2.24) is 4.98 Å². The summed E-state index contributed by atoms with van der Waals surface area (Å²) >= 11 is 0. The van der Waals surface area contributed by atoms with Gasteiger partial charge in [0.15, 0.2) is 0 Å². The van der Waals surface area contributed by atoms with Crippen molar-refractivity contribution in [2.75, 3.05) is 11.9 Å². The van der Waals surface area contributed by atoms with Crippen LogP contribution in [0.15, 0.2) is 18.3 Å². The average Bonchev–Trinajstić information content (AvgIpc) is 2.35. The third-order valence-corrected chi connectivity index (χ3v) is 4.11. The van der Waals surface area contributed by atoms with Crippen molar-refractivity contribution in [2.24, 2.45) is 11.7 Å². The number of nitrogens with two attached hydrogens (primary N) is 1. The molecule has 17 heavy (non-hydrogen) atoms. The molecule has 2 unspecified atom stereocenters. The summed E-state index contributed by atoms with van der Waals surface area (Å²) in [5.41, 5.74) is 7.25. The van der Waals surface area contributed by atoms with Crippen LogP contribution in [0.4, 0.5) is 5.82 Å². The van der Waals surface area contributed by atoms with Crippen LogP contribution in [-0.4, -0.2) is 17.1 Å². The Morgan fingerprint density at radius 2 is 2.29 bits per heavy atom. The summed E-state index contributed by atoms with van der Waals surface area (Å²) in [6, 6.07) is 4.14. The fourth-order valence-electron chi connectivity index (χ4n) is 2.75. The van der Waals surface area contributed by atoms with E-state index in [4.69, 9.17) is 5.73 Å². The first-order chi connectivity index (χ1) is 8.16. The Morgan fingerprint density at radius 1 is 1.47 bits per heavy atom. The van der Waals surface area contributed by atoms with Gasteiger partial charge in [0.2, 0.25) is 0 Å². The number of aryl methyl sites for hydroxylation is 1. The topological polar surface area (TPSA) is 50.9 Å². The normalized spacial score (nSPS) is 29.0. The minimum absolute atomic E-state index is 0.0422. The van der Waals surface area contributed by atoms with Crippen LogP contribution in [0.25, 0.3) is 0 Å². The Labute approximate surface area is 104 Å². The first-order valence-electron chi connectivity index (χ1n) is 6.57. The van der Waals surface area contributed by atoms with Gasteiger partial charge in [-0.1, -0.05) is 25.8 Å². The van der Waals surface area contributed by atoms with Gasteiger partial charge in [0.05, 0.1) is 5.54 Å². The molecule has 1 aromatic heterocycles. The molecule has 2 atom stereocenters. The van der Waals surface area contributed by atoms with Crippen molar-refractivity contribution in [3.63, 3.8) is 0 Å². The zero-order valence-electron chi connectivity index (χ0n) is 10.9. The second kappa shape index (κ2) is 5.05. The van der Waals surface area contributed by atoms with E-state index < -0.39 is 0 Å². The highest BCUT2D eigenvalue weighted by Gasteiger charge is 2.37. The van der Waals surface area contributed by atoms with E-state index in [0.717, 1.165) is 12.2 Å². The molecule has 1 heterocycles. The molecule has 1 aromatic rings. The molecule has 2 rings (SSSR count). The van der Waals surface area contributed by atoms with Crippen LogP contribution in [-0.2, 0) is 0 Å². The second-order valence-electron chi connectivity index (χ2n) is 5.35. The smallest absolute Gasteiger partial charge is 0.126 e. The maximum atomic E-state index is 6.02. The summed E-state index contributed by atoms with van der Waals surface area (Å²) in [7, 11) is 0. The van der Waals surface area contributed by atoms with Gasteiger partial charge in [-0.05, 0) is 37.3 Å². The van der Waals surface area contributed by atoms with E-state index in [1.165, 1.54) is 24.8 Å². The summed E-state index contributed by atoms with van der Waals surface area (Å²) in [5, 5.41) is 3.58. The van der Waals surface area contributed by atoms with Crippen LogP contribution in [0.2, 0.25) is 0 Å². The van der Waals surface area contributed by atoms with Crippen molar-refractivity contribution < 1.29 is 0 Å². The van der Waals surface area contributed by atoms with Gasteiger partial charge in [0, 0.05) is 12.7 Å². The zero-order chi connectivity index (χ0) is 12.3. The highest BCUT2D eigenvalue weighted by atomic mass is 15.1. The fourth-order valence-corrected chi connectivity index (χ4v) is 2.75. The number of anilines is 1. The maximum absolute atomic E-state index is 6.02. The molecular weight excluding hydrogens is 210 g/mol. The summed E-state index contributed by atoms with van der Waals surface area (Å²) in [6.45, 7) is 5.04. The second-order valence-corrected chi connectivity index (χ2v) is 5.35. The van der Waals surface area contributed by atoms with Gasteiger partial charge in [-0.15, -0.1) is 0 Å². The Balaban J connectivity index is 2.15. The van der Waals surface area contributed by atoms with Crippen molar-refractivity contribution >= 4 is 5.82 Å². The quantitative estimate of drug-likeness (QED) is 0.844. The first-order valence-corrected chi connectivity index (χ1v) is 6.57. The molecule has 1 saturated carbocycles. The predicted molar refractivity (Wildman–Crippen MR) is 72.0 cm³/mol. The lowest BCUT2D eigenvalue weighted by molar-refractivity contribution is 0.235. The molecule has 0 spiro atoms. The van der Waals surface area contributed by atoms with E-state index in [1.807, 2.05) is 12.3 Å². The molecule has 0 bridgehead atoms. The van der Waals surface area contributed by atoms with Gasteiger partial charge in [-0.3, -0.25) is 0 Å². The average molecular weight is 233 g/mol. The minimum Gasteiger partial charge on any atom is -0.363 e. The molecular formula is C14H23N3. The molecule has 0 saturated heterocycles. The van der Waals surface area contributed by atoms with E-state index in [9.17, 15) is 0 Å². The molecule has 3 N–H and O–H groups in total. The maximum Gasteiger partial charge on any atom is 0.126 e. The monoisotopic (exact) mass is 233 g/mol. The molecule has 3 heteroatoms. The van der Waals surface area contributed by atoms with Gasteiger partial charge in [0.1, 0.15) is 5.82 Å². The molecule has 0 aromatic carbocycles. The Bertz CT molecular complexity index is 360. The van der Waals surface area contributed by atoms with Crippen LogP contribution >= 0.6 is 0 Å². The van der Waals surface area contributed by atoms with E-state index in [2.05, 4.69) is 30.2 Å². The van der Waals surface area contributed by atoms with Gasteiger partial charge in [-0.2, -0.15) is 0 Å². The first kappa shape index (κ1) is 12.4. The van der Waals surface area contributed by atoms with Crippen LogP contribution in [0.5, 0.6) is 0 Å². The number of nitrogens with one attached hydrogen (secondary N) is 1. The van der Waals surface area contributed by atoms with Crippen LogP contribution < -0.4 is 11.1 Å². The number of hydrogen-bond donors (Lipinski definition) is 2. The van der Waals surface area contributed by atoms with Crippen LogP contribution in [0.3, 0.4) is 0 Å². The highest BCUT2D eigenvalue weighted by Crippen LogP contribution is 2.35. The lowest BCUT2D eigenvalue weighted by atomic mass is 9.73. The number of hydrogen-bond acceptors (Lipinski definition) is 3. The van der Waals surface area contributed by atoms with Gasteiger partial charge in [0.25, 0.3) is 0 Å². The molecule has 3 nitrogen and oxygen atoms in total. The summed E-state index contributed by atoms with van der Waals surface area (Å²) in [5.74, 6) is 1.57. The van der Waals surface area contributed by atoms with Crippen molar-refractivity contribution in [2.45, 2.75) is 45.1 Å². The van der Waals surface area contributed by atoms with E-state index in [1.54, 1.807) is 0 Å². The van der Waals surface area contributed by atoms with Gasteiger partial charge < -0.3 is 11.1 Å². The van der Waals surface area contributed by atoms with E-state index in [0.29, 0.717) is 12.5 Å². The van der Waals surface area contributed by atoms with Crippen LogP contribution in [0.1, 0.15) is 38.2 Å². The molecule has 1 aliphatic rings. The summed E-state index contributed by atoms with van der Waals surface area (Å²) in [4.78, 5) is 4.43. The molecule has 0 radical (unpaired) electrons. The van der Waals surface area contributed by atoms with E-state index in [-0.39, 0.29) is 5.54 Å². The Kier molecular flexibility index (Phi) is 3.67. The highest BCUT2D eigenvalue weighted by molar-refractivity contribution is 5.39. The minimum atomic E-state index is 0.0422. The molecule has 94 valence electrons. The van der Waals surface area contributed by atoms with Crippen molar-refractivity contribution in [3.05, 3.63) is 23.9 Å². The summed E-state index contributed by atoms with van der Waals surface area (Å²) < 4.78 is 0. The lowest BCUT2D eigenvalue weighted by Gasteiger charge is -2.43. The molecule has 1 fully saturated rings. The van der Waals surface area contributed by atoms with Gasteiger partial charge in [-0.25, -0.2) is 4.98 Å². The Morgan fingerprint density at radius 3 is 2.88 bits per heavy atom. The SMILES string of the molecule is Cc1ccc(NC2(CN)CCCCC2C)nc1. The van der Waals surface area contributed by atoms with Gasteiger partial charge >= 0.3 is 0 Å². The van der Waals surface area contributed by atoms with Crippen molar-refractivity contribution in [3.8, 4) is 0 Å². The zero-order valence-corrected chi connectivity index (χ0v) is 10.9. The largest absolute Gasteiger partial charge is 0.363 e. The van der Waals surface area contributed by atoms with E-state index >= 15 is 0 Å².